The van der Waals surface area contributed by atoms with Crippen LogP contribution in [0.4, 0.5) is 0 Å². The Morgan fingerprint density at radius 1 is 0.812 bits per heavy atom. The summed E-state index contributed by atoms with van der Waals surface area (Å²) in [6.45, 7) is 0. The average Bonchev–Trinajstić information content (AvgIpc) is 2.45. The van der Waals surface area contributed by atoms with E-state index in [-0.39, 0.29) is 0 Å². The van der Waals surface area contributed by atoms with E-state index in [9.17, 15) is 0 Å². The normalized spacial score (nSPS) is 21.4. The molecule has 0 saturated carbocycles. The molecule has 0 amide bonds. The Morgan fingerprint density at radius 2 is 1.56 bits per heavy atom. The van der Waals surface area contributed by atoms with Crippen molar-refractivity contribution in [2.75, 3.05) is 0 Å². The predicted octanol–water partition coefficient (Wildman–Crippen LogP) is 3.64. The average molecular weight is 279 g/mol. The van der Waals surface area contributed by atoms with Crippen LogP contribution < -0.4 is 4.46 Å². The van der Waals surface area contributed by atoms with Gasteiger partial charge in [-0.15, -0.1) is 0 Å². The van der Waals surface area contributed by atoms with Crippen molar-refractivity contribution in [1.82, 2.24) is 0 Å². The van der Waals surface area contributed by atoms with Crippen LogP contribution in [0.2, 0.25) is 0 Å². The van der Waals surface area contributed by atoms with Crippen molar-refractivity contribution in [2.45, 2.75) is 44.9 Å². The first-order chi connectivity index (χ1) is 7.95. The van der Waals surface area contributed by atoms with E-state index >= 15 is 0 Å². The van der Waals surface area contributed by atoms with Crippen LogP contribution in [-0.2, 0) is 0 Å². The molecule has 0 heterocycles. The number of hydrogen-bond donors (Lipinski definition) is 0. The third-order valence-corrected chi connectivity index (χ3v) is 5.39. The first-order valence-electron chi connectivity index (χ1n) is 6.37. The van der Waals surface area contributed by atoms with Crippen molar-refractivity contribution in [1.29, 1.82) is 0 Å². The van der Waals surface area contributed by atoms with E-state index in [1.54, 1.807) is 4.47 Å². The maximum absolute atomic E-state index is 2.53. The molecule has 0 bridgehead atoms. The topological polar surface area (TPSA) is 0 Å². The summed E-state index contributed by atoms with van der Waals surface area (Å²) in [5.41, 5.74) is 0. The van der Waals surface area contributed by atoms with Gasteiger partial charge >= 0.3 is 105 Å². The van der Waals surface area contributed by atoms with Gasteiger partial charge in [-0.05, 0) is 0 Å². The Hall–Kier alpha value is -0.521. The Labute approximate surface area is 105 Å². The Morgan fingerprint density at radius 3 is 2.44 bits per heavy atom. The van der Waals surface area contributed by atoms with E-state index in [1.165, 1.54) is 49.4 Å². The molecule has 0 aliphatic heterocycles. The molecule has 0 saturated heterocycles. The minimum atomic E-state index is 0.575. The molecular weight excluding hydrogens is 259 g/mol. The summed E-state index contributed by atoms with van der Waals surface area (Å²) in [4.78, 5) is 0. The number of benzene rings is 1. The van der Waals surface area contributed by atoms with Crippen LogP contribution in [0.5, 0.6) is 0 Å². The summed E-state index contributed by atoms with van der Waals surface area (Å²) < 4.78 is 3.25. The fourth-order valence-electron chi connectivity index (χ4n) is 2.07. The first-order valence-corrected chi connectivity index (χ1v) is 8.08. The zero-order chi connectivity index (χ0) is 11.1. The van der Waals surface area contributed by atoms with Crippen molar-refractivity contribution < 1.29 is 0 Å². The predicted molar refractivity (Wildman–Crippen MR) is 72.2 cm³/mol. The van der Waals surface area contributed by atoms with E-state index in [0.29, 0.717) is 15.0 Å². The van der Waals surface area contributed by atoms with Gasteiger partial charge in [-0.3, -0.25) is 0 Å². The van der Waals surface area contributed by atoms with E-state index in [0.717, 1.165) is 0 Å². The van der Waals surface area contributed by atoms with Gasteiger partial charge in [-0.25, -0.2) is 0 Å². The van der Waals surface area contributed by atoms with Crippen molar-refractivity contribution >= 4 is 19.4 Å². The Bertz CT molecular complexity index is 327. The SMILES string of the molecule is C1=C(/[Se]c2ccccc2)CCCCCCC/1. The number of allylic oxidation sites excluding steroid dienone is 2. The summed E-state index contributed by atoms with van der Waals surface area (Å²) in [6.07, 6.45) is 12.3. The van der Waals surface area contributed by atoms with Crippen LogP contribution >= 0.6 is 0 Å². The Kier molecular flexibility index (Phi) is 5.18. The molecule has 0 unspecified atom stereocenters. The second kappa shape index (κ2) is 6.93. The van der Waals surface area contributed by atoms with Crippen molar-refractivity contribution in [3.8, 4) is 0 Å². The van der Waals surface area contributed by atoms with Gasteiger partial charge in [0.1, 0.15) is 0 Å². The summed E-state index contributed by atoms with van der Waals surface area (Å²) in [7, 11) is 0. The molecule has 1 aromatic carbocycles. The van der Waals surface area contributed by atoms with Crippen molar-refractivity contribution in [2.24, 2.45) is 0 Å². The van der Waals surface area contributed by atoms with Gasteiger partial charge in [0.25, 0.3) is 0 Å². The van der Waals surface area contributed by atoms with E-state index in [2.05, 4.69) is 36.4 Å². The third kappa shape index (κ3) is 4.15. The molecule has 0 N–H and O–H groups in total. The molecule has 0 radical (unpaired) electrons. The third-order valence-electron chi connectivity index (χ3n) is 2.99. The van der Waals surface area contributed by atoms with Crippen LogP contribution in [0.25, 0.3) is 0 Å². The molecule has 0 aromatic heterocycles. The van der Waals surface area contributed by atoms with Crippen LogP contribution in [0.1, 0.15) is 44.9 Å². The molecule has 86 valence electrons. The molecule has 1 aromatic rings. The van der Waals surface area contributed by atoms with Gasteiger partial charge in [0.05, 0.1) is 0 Å². The molecule has 1 aliphatic rings. The van der Waals surface area contributed by atoms with E-state index in [4.69, 9.17) is 0 Å². The molecule has 16 heavy (non-hydrogen) atoms. The Balaban J connectivity index is 1.95. The summed E-state index contributed by atoms with van der Waals surface area (Å²) in [5, 5.41) is 0. The second-order valence-corrected chi connectivity index (χ2v) is 6.91. The standard InChI is InChI=1S/C15H20Se/c1-2-4-7-11-14(10-6-3-1)16-15-12-8-5-9-13-15/h5,8-10,12-13H,1-4,6-7,11H2/b14-10+. The van der Waals surface area contributed by atoms with Crippen LogP contribution in [0.3, 0.4) is 0 Å². The van der Waals surface area contributed by atoms with Gasteiger partial charge in [0.2, 0.25) is 0 Å². The van der Waals surface area contributed by atoms with E-state index < -0.39 is 0 Å². The molecule has 0 fully saturated rings. The monoisotopic (exact) mass is 280 g/mol. The van der Waals surface area contributed by atoms with Gasteiger partial charge < -0.3 is 0 Å². The first kappa shape index (κ1) is 12.0. The van der Waals surface area contributed by atoms with Crippen molar-refractivity contribution in [3.63, 3.8) is 0 Å². The zero-order valence-corrected chi connectivity index (χ0v) is 11.5. The molecular formula is C15H20Se. The van der Waals surface area contributed by atoms with Gasteiger partial charge in [-0.1, -0.05) is 0 Å². The maximum atomic E-state index is 2.53. The van der Waals surface area contributed by atoms with Gasteiger partial charge in [-0.2, -0.15) is 0 Å². The van der Waals surface area contributed by atoms with Gasteiger partial charge in [0, 0.05) is 0 Å². The van der Waals surface area contributed by atoms with Crippen LogP contribution in [0.15, 0.2) is 40.9 Å². The molecule has 1 heteroatoms. The zero-order valence-electron chi connectivity index (χ0n) is 9.82. The molecule has 2 rings (SSSR count). The minimum absolute atomic E-state index is 0.575. The van der Waals surface area contributed by atoms with Crippen LogP contribution in [0, 0.1) is 0 Å². The molecule has 0 atom stereocenters. The second-order valence-electron chi connectivity index (χ2n) is 4.39. The molecule has 1 aliphatic carbocycles. The van der Waals surface area contributed by atoms with Gasteiger partial charge in [0.15, 0.2) is 0 Å². The van der Waals surface area contributed by atoms with Crippen LogP contribution in [-0.4, -0.2) is 15.0 Å². The molecule has 0 spiro atoms. The van der Waals surface area contributed by atoms with E-state index in [1.807, 2.05) is 0 Å². The summed E-state index contributed by atoms with van der Waals surface area (Å²) >= 11 is 0.575. The number of hydrogen-bond acceptors (Lipinski definition) is 0. The molecule has 0 nitrogen and oxygen atoms in total. The fraction of sp³-hybridized carbons (Fsp3) is 0.467. The number of rotatable bonds is 2. The quantitative estimate of drug-likeness (QED) is 0.725. The fourth-order valence-corrected chi connectivity index (χ4v) is 4.26. The summed E-state index contributed by atoms with van der Waals surface area (Å²) in [5.74, 6) is 0. The summed E-state index contributed by atoms with van der Waals surface area (Å²) in [6, 6.07) is 11.0. The van der Waals surface area contributed by atoms with Crippen molar-refractivity contribution in [3.05, 3.63) is 40.9 Å².